The lowest BCUT2D eigenvalue weighted by Crippen LogP contribution is -2.09. The van der Waals surface area contributed by atoms with E-state index in [2.05, 4.69) is 20.6 Å². The second-order valence-electron chi connectivity index (χ2n) is 4.07. The maximum absolute atomic E-state index is 11.2. The second-order valence-corrected chi connectivity index (χ2v) is 4.07. The minimum Gasteiger partial charge on any atom is -0.465 e. The van der Waals surface area contributed by atoms with Crippen LogP contribution in [0, 0.1) is 17.0 Å². The fraction of sp³-hybridized carbons (Fsp3) is 0.333. The Morgan fingerprint density at radius 3 is 2.55 bits per heavy atom. The number of hydrogen-bond acceptors (Lipinski definition) is 7. The molecule has 0 aliphatic heterocycles. The van der Waals surface area contributed by atoms with Gasteiger partial charge in [-0.1, -0.05) is 0 Å². The topological polar surface area (TPSA) is 106 Å². The van der Waals surface area contributed by atoms with Crippen LogP contribution in [0.25, 0.3) is 0 Å². The summed E-state index contributed by atoms with van der Waals surface area (Å²) >= 11 is 0. The number of aryl methyl sites for hydroxylation is 1. The average molecular weight is 277 g/mol. The number of aromatic nitrogens is 2. The molecule has 0 spiro atoms. The lowest BCUT2D eigenvalue weighted by molar-refractivity contribution is -0.383. The zero-order valence-electron chi connectivity index (χ0n) is 11.2. The number of anilines is 2. The van der Waals surface area contributed by atoms with Crippen molar-refractivity contribution in [2.75, 3.05) is 17.2 Å². The predicted molar refractivity (Wildman–Crippen MR) is 73.6 cm³/mol. The largest absolute Gasteiger partial charge is 0.465 e. The molecule has 0 saturated carbocycles. The van der Waals surface area contributed by atoms with E-state index in [-0.39, 0.29) is 17.3 Å². The van der Waals surface area contributed by atoms with E-state index < -0.39 is 4.92 Å². The molecule has 0 aliphatic rings. The van der Waals surface area contributed by atoms with Crippen molar-refractivity contribution in [3.05, 3.63) is 40.1 Å². The van der Waals surface area contributed by atoms with Gasteiger partial charge in [-0.25, -0.2) is 9.97 Å². The molecule has 0 radical (unpaired) electrons. The Kier molecular flexibility index (Phi) is 4.14. The number of nitrogens with zero attached hydrogens (tertiary/aromatic N) is 3. The van der Waals surface area contributed by atoms with Crippen molar-refractivity contribution in [3.63, 3.8) is 0 Å². The van der Waals surface area contributed by atoms with Crippen molar-refractivity contribution in [2.24, 2.45) is 0 Å². The van der Waals surface area contributed by atoms with Gasteiger partial charge < -0.3 is 15.1 Å². The summed E-state index contributed by atoms with van der Waals surface area (Å²) in [5.74, 6) is 1.83. The van der Waals surface area contributed by atoms with Gasteiger partial charge in [-0.3, -0.25) is 10.1 Å². The minimum absolute atomic E-state index is 0.162. The summed E-state index contributed by atoms with van der Waals surface area (Å²) in [5, 5.41) is 16.9. The van der Waals surface area contributed by atoms with Crippen LogP contribution in [0.1, 0.15) is 18.4 Å². The van der Waals surface area contributed by atoms with Gasteiger partial charge in [0.2, 0.25) is 11.6 Å². The third-order valence-corrected chi connectivity index (χ3v) is 2.58. The Balaban J connectivity index is 2.22. The van der Waals surface area contributed by atoms with E-state index in [0.717, 1.165) is 5.76 Å². The molecule has 0 bridgehead atoms. The summed E-state index contributed by atoms with van der Waals surface area (Å²) in [5.41, 5.74) is -0.169. The first-order valence-corrected chi connectivity index (χ1v) is 6.14. The summed E-state index contributed by atoms with van der Waals surface area (Å²) in [4.78, 5) is 18.5. The van der Waals surface area contributed by atoms with Crippen LogP contribution < -0.4 is 10.6 Å². The van der Waals surface area contributed by atoms with Gasteiger partial charge in [-0.2, -0.15) is 0 Å². The number of nitro groups is 1. The highest BCUT2D eigenvalue weighted by Gasteiger charge is 2.22. The van der Waals surface area contributed by atoms with Crippen molar-refractivity contribution in [1.82, 2.24) is 9.97 Å². The van der Waals surface area contributed by atoms with Crippen molar-refractivity contribution in [1.29, 1.82) is 0 Å². The fourth-order valence-corrected chi connectivity index (χ4v) is 1.73. The van der Waals surface area contributed by atoms with Crippen LogP contribution in [-0.4, -0.2) is 21.4 Å². The molecule has 2 heterocycles. The molecule has 20 heavy (non-hydrogen) atoms. The third kappa shape index (κ3) is 3.02. The van der Waals surface area contributed by atoms with Gasteiger partial charge in [-0.15, -0.1) is 0 Å². The van der Waals surface area contributed by atoms with Crippen LogP contribution >= 0.6 is 0 Å². The quantitative estimate of drug-likeness (QED) is 0.616. The zero-order valence-corrected chi connectivity index (χ0v) is 11.2. The predicted octanol–water partition coefficient (Wildman–Crippen LogP) is 2.33. The van der Waals surface area contributed by atoms with Crippen LogP contribution in [0.5, 0.6) is 0 Å². The Bertz CT molecular complexity index is 611. The maximum Gasteiger partial charge on any atom is 0.353 e. The average Bonchev–Trinajstić information content (AvgIpc) is 2.82. The Morgan fingerprint density at radius 2 is 2.00 bits per heavy atom. The number of nitrogens with one attached hydrogen (secondary N) is 2. The zero-order chi connectivity index (χ0) is 14.5. The maximum atomic E-state index is 11.2. The molecule has 2 N–H and O–H groups in total. The van der Waals surface area contributed by atoms with Gasteiger partial charge in [0.1, 0.15) is 17.8 Å². The molecule has 2 aromatic heterocycles. The highest BCUT2D eigenvalue weighted by atomic mass is 16.6. The van der Waals surface area contributed by atoms with Gasteiger partial charge in [-0.05, 0) is 26.0 Å². The van der Waals surface area contributed by atoms with Crippen LogP contribution in [0.15, 0.2) is 22.9 Å². The number of rotatable bonds is 6. The summed E-state index contributed by atoms with van der Waals surface area (Å²) < 4.78 is 5.39. The first-order chi connectivity index (χ1) is 9.61. The van der Waals surface area contributed by atoms with E-state index in [1.807, 2.05) is 19.9 Å². The SMILES string of the molecule is CCNc1ncnc(NCc2ccc(C)o2)c1[N+](=O)[O-]. The normalized spacial score (nSPS) is 10.3. The molecule has 8 heteroatoms. The van der Waals surface area contributed by atoms with Gasteiger partial charge in [0.25, 0.3) is 0 Å². The van der Waals surface area contributed by atoms with E-state index in [1.54, 1.807) is 6.07 Å². The Morgan fingerprint density at radius 1 is 1.30 bits per heavy atom. The van der Waals surface area contributed by atoms with Crippen LogP contribution in [0.2, 0.25) is 0 Å². The van der Waals surface area contributed by atoms with Gasteiger partial charge in [0.05, 0.1) is 11.5 Å². The van der Waals surface area contributed by atoms with Crippen LogP contribution in [-0.2, 0) is 6.54 Å². The summed E-state index contributed by atoms with van der Waals surface area (Å²) in [7, 11) is 0. The van der Waals surface area contributed by atoms with Gasteiger partial charge in [0, 0.05) is 6.54 Å². The molecule has 2 rings (SSSR count). The number of furan rings is 1. The standard InChI is InChI=1S/C12H15N5O3/c1-3-13-11-10(17(18)19)12(16-7-15-11)14-6-9-5-4-8(2)20-9/h4-5,7H,3,6H2,1-2H3,(H2,13,14,15,16). The van der Waals surface area contributed by atoms with Crippen LogP contribution in [0.3, 0.4) is 0 Å². The van der Waals surface area contributed by atoms with E-state index in [9.17, 15) is 10.1 Å². The minimum atomic E-state index is -0.506. The molecule has 0 amide bonds. The summed E-state index contributed by atoms with van der Waals surface area (Å²) in [6.07, 6.45) is 1.28. The first-order valence-electron chi connectivity index (χ1n) is 6.14. The number of hydrogen-bond donors (Lipinski definition) is 2. The van der Waals surface area contributed by atoms with E-state index >= 15 is 0 Å². The van der Waals surface area contributed by atoms with Gasteiger partial charge in [0.15, 0.2) is 0 Å². The first kappa shape index (κ1) is 13.8. The Hall–Kier alpha value is -2.64. The summed E-state index contributed by atoms with van der Waals surface area (Å²) in [6, 6.07) is 3.63. The molecular weight excluding hydrogens is 262 g/mol. The molecule has 0 aromatic carbocycles. The highest BCUT2D eigenvalue weighted by Crippen LogP contribution is 2.29. The highest BCUT2D eigenvalue weighted by molar-refractivity contribution is 5.69. The molecule has 0 saturated heterocycles. The van der Waals surface area contributed by atoms with Crippen LogP contribution in [0.4, 0.5) is 17.3 Å². The summed E-state index contributed by atoms with van der Waals surface area (Å²) in [6.45, 7) is 4.52. The fourth-order valence-electron chi connectivity index (χ4n) is 1.73. The molecule has 106 valence electrons. The second kappa shape index (κ2) is 6.00. The molecule has 0 fully saturated rings. The van der Waals surface area contributed by atoms with Crippen molar-refractivity contribution < 1.29 is 9.34 Å². The molecule has 8 nitrogen and oxygen atoms in total. The van der Waals surface area contributed by atoms with Gasteiger partial charge >= 0.3 is 5.69 Å². The lowest BCUT2D eigenvalue weighted by atomic mass is 10.4. The van der Waals surface area contributed by atoms with Crippen molar-refractivity contribution >= 4 is 17.3 Å². The molecule has 0 unspecified atom stereocenters. The van der Waals surface area contributed by atoms with Crippen molar-refractivity contribution in [2.45, 2.75) is 20.4 Å². The molecular formula is C12H15N5O3. The Labute approximate surface area is 115 Å². The van der Waals surface area contributed by atoms with E-state index in [0.29, 0.717) is 18.8 Å². The van der Waals surface area contributed by atoms with E-state index in [1.165, 1.54) is 6.33 Å². The molecule has 2 aromatic rings. The molecule has 0 atom stereocenters. The molecule has 0 aliphatic carbocycles. The monoisotopic (exact) mass is 277 g/mol. The van der Waals surface area contributed by atoms with Crippen molar-refractivity contribution in [3.8, 4) is 0 Å². The lowest BCUT2D eigenvalue weighted by Gasteiger charge is -2.08. The smallest absolute Gasteiger partial charge is 0.353 e. The van der Waals surface area contributed by atoms with E-state index in [4.69, 9.17) is 4.42 Å². The third-order valence-electron chi connectivity index (χ3n) is 2.58.